The van der Waals surface area contributed by atoms with Crippen molar-refractivity contribution in [2.75, 3.05) is 39.2 Å². The number of aromatic nitrogens is 3. The fourth-order valence-corrected chi connectivity index (χ4v) is 5.53. The molecular weight excluding hydrogens is 570 g/mol. The van der Waals surface area contributed by atoms with Crippen molar-refractivity contribution in [1.29, 1.82) is 0 Å². The Hall–Kier alpha value is -3.56. The molecule has 2 aromatic rings. The minimum absolute atomic E-state index is 0.0465. The van der Waals surface area contributed by atoms with Crippen LogP contribution in [0.25, 0.3) is 0 Å². The van der Waals surface area contributed by atoms with Crippen molar-refractivity contribution in [3.63, 3.8) is 0 Å². The number of ketones is 1. The maximum atomic E-state index is 13.0. The lowest BCUT2D eigenvalue weighted by Gasteiger charge is -2.39. The molecule has 5 N–H and O–H groups in total. The van der Waals surface area contributed by atoms with Crippen molar-refractivity contribution in [1.82, 2.24) is 15.0 Å². The monoisotopic (exact) mass is 610 g/mol. The lowest BCUT2D eigenvalue weighted by molar-refractivity contribution is -0.462. The van der Waals surface area contributed by atoms with E-state index in [1.54, 1.807) is 10.9 Å². The van der Waals surface area contributed by atoms with Crippen LogP contribution in [0, 0.1) is 0 Å². The summed E-state index contributed by atoms with van der Waals surface area (Å²) in [7, 11) is 5.88. The van der Waals surface area contributed by atoms with Gasteiger partial charge in [-0.25, -0.2) is 4.58 Å². The zero-order valence-corrected chi connectivity index (χ0v) is 25.0. The van der Waals surface area contributed by atoms with Gasteiger partial charge in [0, 0.05) is 43.5 Å². The molecule has 2 fully saturated rings. The second kappa shape index (κ2) is 13.6. The number of aliphatic hydroxyl groups excluding tert-OH is 5. The molecule has 0 bridgehead atoms. The molecule has 3 aliphatic rings. The second-order valence-corrected chi connectivity index (χ2v) is 11.5. The van der Waals surface area contributed by atoms with E-state index in [0.717, 1.165) is 35.5 Å². The number of Topliss-reactive ketones (excluding diaryl/α,β-unsaturated/α-hetero) is 1. The fourth-order valence-electron chi connectivity index (χ4n) is 5.53. The van der Waals surface area contributed by atoms with Gasteiger partial charge in [0.25, 0.3) is 0 Å². The number of allylic oxidation sites excluding steroid dienone is 5. The van der Waals surface area contributed by atoms with Crippen LogP contribution in [0.4, 0.5) is 5.69 Å². The summed E-state index contributed by atoms with van der Waals surface area (Å²) in [6.45, 7) is 0.735. The molecule has 13 heteroatoms. The Morgan fingerprint density at radius 3 is 2.36 bits per heavy atom. The Bertz CT molecular complexity index is 1440. The Balaban J connectivity index is 1.08. The predicted octanol–water partition coefficient (Wildman–Crippen LogP) is -0.716. The van der Waals surface area contributed by atoms with Gasteiger partial charge in [-0.1, -0.05) is 17.3 Å². The largest absolute Gasteiger partial charge is 0.394 e. The maximum absolute atomic E-state index is 13.0. The van der Waals surface area contributed by atoms with Crippen LogP contribution in [0.5, 0.6) is 0 Å². The van der Waals surface area contributed by atoms with E-state index in [9.17, 15) is 30.3 Å². The Kier molecular flexibility index (Phi) is 9.85. The molecule has 1 aliphatic heterocycles. The minimum atomic E-state index is -1.51. The summed E-state index contributed by atoms with van der Waals surface area (Å²) in [4.78, 5) is 15.1. The van der Waals surface area contributed by atoms with Crippen LogP contribution in [-0.4, -0.2) is 128 Å². The van der Waals surface area contributed by atoms with Gasteiger partial charge in [-0.15, -0.1) is 5.10 Å². The Labute approximate surface area is 255 Å². The number of hydrogen-bond donors (Lipinski definition) is 5. The average Bonchev–Trinajstić information content (AvgIpc) is 3.48. The van der Waals surface area contributed by atoms with Crippen molar-refractivity contribution in [2.24, 2.45) is 0 Å². The third kappa shape index (κ3) is 6.59. The van der Waals surface area contributed by atoms with E-state index in [2.05, 4.69) is 15.2 Å². The molecule has 1 saturated heterocycles. The molecule has 1 aromatic heterocycles. The number of aliphatic hydroxyl groups is 5. The number of rotatable bonds is 10. The quantitative estimate of drug-likeness (QED) is 0.170. The molecule has 0 spiro atoms. The van der Waals surface area contributed by atoms with Crippen LogP contribution >= 0.6 is 0 Å². The number of hydrogen-bond acceptors (Lipinski definition) is 11. The number of carbonyl (C=O) groups excluding carboxylic acids is 1. The maximum Gasteiger partial charge on any atom is 0.199 e. The smallest absolute Gasteiger partial charge is 0.199 e. The summed E-state index contributed by atoms with van der Waals surface area (Å²) in [5, 5.41) is 58.2. The van der Waals surface area contributed by atoms with Crippen molar-refractivity contribution in [2.45, 2.75) is 62.3 Å². The molecule has 13 nitrogen and oxygen atoms in total. The first-order valence-electron chi connectivity index (χ1n) is 14.6. The predicted molar refractivity (Wildman–Crippen MR) is 159 cm³/mol. The average molecular weight is 611 g/mol. The molecule has 44 heavy (non-hydrogen) atoms. The molecule has 0 radical (unpaired) electrons. The van der Waals surface area contributed by atoms with Gasteiger partial charge in [-0.05, 0) is 41.8 Å². The van der Waals surface area contributed by atoms with E-state index < -0.39 is 49.3 Å². The van der Waals surface area contributed by atoms with Crippen molar-refractivity contribution in [3.8, 4) is 0 Å². The molecule has 2 heterocycles. The highest BCUT2D eigenvalue weighted by Crippen LogP contribution is 2.41. The molecule has 5 rings (SSSR count). The summed E-state index contributed by atoms with van der Waals surface area (Å²) in [6, 6.07) is 7.68. The van der Waals surface area contributed by atoms with E-state index in [0.29, 0.717) is 17.8 Å². The van der Waals surface area contributed by atoms with Crippen molar-refractivity contribution >= 4 is 17.2 Å². The third-order valence-corrected chi connectivity index (χ3v) is 8.26. The molecule has 1 saturated carbocycles. The van der Waals surface area contributed by atoms with Gasteiger partial charge >= 0.3 is 0 Å². The highest BCUT2D eigenvalue weighted by atomic mass is 16.7. The number of carbonyl (C=O) groups is 1. The van der Waals surface area contributed by atoms with Crippen LogP contribution in [0.1, 0.15) is 23.6 Å². The number of ether oxygens (including phenoxy) is 2. The van der Waals surface area contributed by atoms with Gasteiger partial charge in [0.2, 0.25) is 0 Å². The zero-order chi connectivity index (χ0) is 31.5. The molecule has 1 aromatic carbocycles. The first kappa shape index (κ1) is 31.9. The van der Waals surface area contributed by atoms with Gasteiger partial charge < -0.3 is 39.9 Å². The standard InChI is InChI=1S/C31H40N5O8/c1-34(2)21-9-5-18(6-10-21)24-27(39)25(28(24)40)19-7-11-22(12-8-19)35(3)13-4-14-36-15-20(32-33-36)17-43-31-30(42)29(41)26(38)23(16-37)44-31/h5-12,15,23,25-27,29-31,37-39,41-42H,4,13-14,16-17H2,1-3H3/q+1/t23-,25?,26-,27?,29+,30-,31-/m1/s1. The van der Waals surface area contributed by atoms with Crippen molar-refractivity contribution < 1.29 is 44.4 Å². The number of benzene rings is 1. The molecule has 0 amide bonds. The molecular formula is C31H40N5O8+. The van der Waals surface area contributed by atoms with E-state index in [1.807, 2.05) is 74.3 Å². The lowest BCUT2D eigenvalue weighted by atomic mass is 9.69. The Morgan fingerprint density at radius 2 is 1.73 bits per heavy atom. The van der Waals surface area contributed by atoms with Crippen LogP contribution in [0.15, 0.2) is 65.9 Å². The van der Waals surface area contributed by atoms with Gasteiger partial charge in [-0.3, -0.25) is 9.48 Å². The Morgan fingerprint density at radius 1 is 1.02 bits per heavy atom. The lowest BCUT2D eigenvalue weighted by Crippen LogP contribution is -2.59. The molecule has 236 valence electrons. The first-order chi connectivity index (χ1) is 21.1. The topological polar surface area (TPSA) is 174 Å². The highest BCUT2D eigenvalue weighted by molar-refractivity contribution is 6.12. The van der Waals surface area contributed by atoms with Crippen LogP contribution < -0.4 is 4.90 Å². The van der Waals surface area contributed by atoms with Crippen molar-refractivity contribution in [3.05, 3.63) is 77.2 Å². The summed E-state index contributed by atoms with van der Waals surface area (Å²) in [6.07, 6.45) is 2.54. The van der Waals surface area contributed by atoms with Gasteiger partial charge in [0.15, 0.2) is 17.8 Å². The number of nitrogens with zero attached hydrogens (tertiary/aromatic N) is 5. The zero-order valence-electron chi connectivity index (χ0n) is 25.0. The van der Waals surface area contributed by atoms with Gasteiger partial charge in [0.1, 0.15) is 44.2 Å². The van der Waals surface area contributed by atoms with E-state index in [-0.39, 0.29) is 12.4 Å². The molecule has 2 unspecified atom stereocenters. The van der Waals surface area contributed by atoms with Crippen LogP contribution in [-0.2, 0) is 27.4 Å². The van der Waals surface area contributed by atoms with E-state index in [4.69, 9.17) is 9.47 Å². The fraction of sp³-hybridized carbons (Fsp3) is 0.484. The van der Waals surface area contributed by atoms with Crippen LogP contribution in [0.2, 0.25) is 0 Å². The normalized spacial score (nSPS) is 28.4. The van der Waals surface area contributed by atoms with E-state index >= 15 is 0 Å². The van der Waals surface area contributed by atoms with Gasteiger partial charge in [-0.2, -0.15) is 0 Å². The SMILES string of the molecule is CN(CCCn1cc(CO[C@@H]2O[C@H](CO)[C@@H](O)[C@H](O)[C@H]2O)nn1)c1ccc(C2C(=O)C(=C3C=CC(=[N+](C)C)C=C3)C2O)cc1. The van der Waals surface area contributed by atoms with Gasteiger partial charge in [0.05, 0.1) is 31.4 Å². The highest BCUT2D eigenvalue weighted by Gasteiger charge is 2.46. The summed E-state index contributed by atoms with van der Waals surface area (Å²) >= 11 is 0. The first-order valence-corrected chi connectivity index (χ1v) is 14.6. The summed E-state index contributed by atoms with van der Waals surface area (Å²) in [5.74, 6) is -0.619. The van der Waals surface area contributed by atoms with Crippen LogP contribution in [0.3, 0.4) is 0 Å². The number of anilines is 1. The molecule has 2 aliphatic carbocycles. The third-order valence-electron chi connectivity index (χ3n) is 8.26. The number of aryl methyl sites for hydroxylation is 1. The molecule has 7 atom stereocenters. The summed E-state index contributed by atoms with van der Waals surface area (Å²) in [5.41, 5.74) is 4.49. The summed E-state index contributed by atoms with van der Waals surface area (Å²) < 4.78 is 14.5. The second-order valence-electron chi connectivity index (χ2n) is 11.5. The van der Waals surface area contributed by atoms with E-state index in [1.165, 1.54) is 0 Å². The minimum Gasteiger partial charge on any atom is -0.394 e.